The Balaban J connectivity index is 3.30. The van der Waals surface area contributed by atoms with Crippen molar-refractivity contribution in [2.24, 2.45) is 0 Å². The molecule has 0 unspecified atom stereocenters. The van der Waals surface area contributed by atoms with Crippen LogP contribution in [0.5, 0.6) is 0 Å². The Bertz CT molecular complexity index is 368. The van der Waals surface area contributed by atoms with E-state index in [9.17, 15) is 8.42 Å². The van der Waals surface area contributed by atoms with Gasteiger partial charge in [0.15, 0.2) is 0 Å². The standard InChI is InChI=1S/C8H9O3S/c1-7-5-3-4-6-8(7)12(9,10)11-2/h3-6H,2H2,1H3. The highest BCUT2D eigenvalue weighted by Crippen LogP contribution is 2.15. The molecule has 0 fully saturated rings. The molecule has 0 bridgehead atoms. The maximum Gasteiger partial charge on any atom is 0.297 e. The number of aryl methyl sites for hydroxylation is 1. The summed E-state index contributed by atoms with van der Waals surface area (Å²) in [6, 6.07) is 6.58. The van der Waals surface area contributed by atoms with Crippen LogP contribution >= 0.6 is 0 Å². The summed E-state index contributed by atoms with van der Waals surface area (Å²) >= 11 is 0. The molecule has 0 atom stereocenters. The molecule has 0 saturated carbocycles. The van der Waals surface area contributed by atoms with Crippen LogP contribution in [0.1, 0.15) is 5.56 Å². The van der Waals surface area contributed by atoms with Crippen LogP contribution in [0.3, 0.4) is 0 Å². The molecule has 4 heteroatoms. The van der Waals surface area contributed by atoms with Gasteiger partial charge in [0, 0.05) is 0 Å². The predicted octanol–water partition coefficient (Wildman–Crippen LogP) is 1.49. The van der Waals surface area contributed by atoms with Crippen LogP contribution in [0, 0.1) is 14.0 Å². The third-order valence-electron chi connectivity index (χ3n) is 1.52. The summed E-state index contributed by atoms with van der Waals surface area (Å²) in [5, 5.41) is 0. The highest BCUT2D eigenvalue weighted by molar-refractivity contribution is 7.86. The first-order valence-electron chi connectivity index (χ1n) is 3.32. The fraction of sp³-hybridized carbons (Fsp3) is 0.125. The van der Waals surface area contributed by atoms with Crippen LogP contribution < -0.4 is 0 Å². The first kappa shape index (κ1) is 9.22. The lowest BCUT2D eigenvalue weighted by molar-refractivity contribution is 0.437. The molecule has 0 aliphatic heterocycles. The smallest absolute Gasteiger partial charge is 0.264 e. The zero-order chi connectivity index (χ0) is 9.19. The zero-order valence-electron chi connectivity index (χ0n) is 6.65. The largest absolute Gasteiger partial charge is 0.297 e. The van der Waals surface area contributed by atoms with Crippen molar-refractivity contribution in [3.05, 3.63) is 36.9 Å². The molecule has 1 aromatic carbocycles. The minimum absolute atomic E-state index is 0.167. The van der Waals surface area contributed by atoms with E-state index >= 15 is 0 Å². The first-order valence-corrected chi connectivity index (χ1v) is 4.73. The monoisotopic (exact) mass is 185 g/mol. The minimum atomic E-state index is -3.64. The number of hydrogen-bond donors (Lipinski definition) is 0. The van der Waals surface area contributed by atoms with Gasteiger partial charge in [0.1, 0.15) is 0 Å². The highest BCUT2D eigenvalue weighted by Gasteiger charge is 2.14. The van der Waals surface area contributed by atoms with Gasteiger partial charge in [-0.25, -0.2) is 0 Å². The molecule has 0 saturated heterocycles. The molecule has 0 aromatic heterocycles. The molecule has 0 N–H and O–H groups in total. The number of hydrogen-bond acceptors (Lipinski definition) is 3. The molecule has 0 aliphatic carbocycles. The van der Waals surface area contributed by atoms with E-state index < -0.39 is 10.1 Å². The SMILES string of the molecule is [CH2]OS(=O)(=O)c1ccccc1C. The van der Waals surface area contributed by atoms with E-state index in [-0.39, 0.29) is 4.90 Å². The molecule has 1 radical (unpaired) electrons. The summed E-state index contributed by atoms with van der Waals surface area (Å²) in [5.74, 6) is 0. The van der Waals surface area contributed by atoms with E-state index in [1.165, 1.54) is 6.07 Å². The molecule has 0 heterocycles. The Morgan fingerprint density at radius 1 is 1.33 bits per heavy atom. The van der Waals surface area contributed by atoms with Gasteiger partial charge in [0.2, 0.25) is 0 Å². The van der Waals surface area contributed by atoms with Gasteiger partial charge in [-0.05, 0) is 18.6 Å². The number of rotatable bonds is 2. The molecule has 3 nitrogen and oxygen atoms in total. The van der Waals surface area contributed by atoms with Crippen molar-refractivity contribution in [1.29, 1.82) is 0 Å². The summed E-state index contributed by atoms with van der Waals surface area (Å²) in [6.07, 6.45) is 0. The van der Waals surface area contributed by atoms with E-state index in [4.69, 9.17) is 0 Å². The molecular formula is C8H9O3S. The van der Waals surface area contributed by atoms with Crippen LogP contribution in [0.2, 0.25) is 0 Å². The van der Waals surface area contributed by atoms with Crippen LogP contribution in [-0.4, -0.2) is 8.42 Å². The Kier molecular flexibility index (Phi) is 2.49. The molecular weight excluding hydrogens is 176 g/mol. The quantitative estimate of drug-likeness (QED) is 0.656. The fourth-order valence-corrected chi connectivity index (χ4v) is 1.73. The van der Waals surface area contributed by atoms with E-state index in [0.717, 1.165) is 0 Å². The van der Waals surface area contributed by atoms with Gasteiger partial charge < -0.3 is 0 Å². The predicted molar refractivity (Wildman–Crippen MR) is 44.8 cm³/mol. The fourth-order valence-electron chi connectivity index (χ4n) is 0.900. The summed E-state index contributed by atoms with van der Waals surface area (Å²) in [6.45, 7) is 1.70. The van der Waals surface area contributed by atoms with E-state index in [1.807, 2.05) is 0 Å². The van der Waals surface area contributed by atoms with Crippen LogP contribution in [0.4, 0.5) is 0 Å². The van der Waals surface area contributed by atoms with Gasteiger partial charge in [-0.2, -0.15) is 8.42 Å². The number of benzene rings is 1. The Morgan fingerprint density at radius 3 is 2.42 bits per heavy atom. The normalized spacial score (nSPS) is 11.5. The molecule has 12 heavy (non-hydrogen) atoms. The average molecular weight is 185 g/mol. The van der Waals surface area contributed by atoms with Gasteiger partial charge in [-0.3, -0.25) is 4.18 Å². The van der Waals surface area contributed by atoms with E-state index in [0.29, 0.717) is 5.56 Å². The van der Waals surface area contributed by atoms with Gasteiger partial charge in [0.05, 0.1) is 12.0 Å². The van der Waals surface area contributed by atoms with Crippen LogP contribution in [0.25, 0.3) is 0 Å². The van der Waals surface area contributed by atoms with Gasteiger partial charge >= 0.3 is 0 Å². The maximum atomic E-state index is 11.1. The Hall–Kier alpha value is -0.870. The molecule has 0 amide bonds. The Morgan fingerprint density at radius 2 is 1.92 bits per heavy atom. The summed E-state index contributed by atoms with van der Waals surface area (Å²) in [5.41, 5.74) is 0.654. The minimum Gasteiger partial charge on any atom is -0.264 e. The van der Waals surface area contributed by atoms with Gasteiger partial charge in [0.25, 0.3) is 10.1 Å². The Labute approximate surface area is 72.1 Å². The van der Waals surface area contributed by atoms with Crippen molar-refractivity contribution < 1.29 is 12.6 Å². The van der Waals surface area contributed by atoms with Crippen LogP contribution in [-0.2, 0) is 14.3 Å². The maximum absolute atomic E-state index is 11.1. The molecule has 0 aliphatic rings. The van der Waals surface area contributed by atoms with E-state index in [1.54, 1.807) is 25.1 Å². The summed E-state index contributed by atoms with van der Waals surface area (Å²) < 4.78 is 26.4. The molecule has 65 valence electrons. The van der Waals surface area contributed by atoms with Gasteiger partial charge in [-0.15, -0.1) is 0 Å². The van der Waals surface area contributed by atoms with Crippen molar-refractivity contribution in [1.82, 2.24) is 0 Å². The molecule has 1 aromatic rings. The van der Waals surface area contributed by atoms with Crippen molar-refractivity contribution >= 4 is 10.1 Å². The lowest BCUT2D eigenvalue weighted by Gasteiger charge is -2.03. The summed E-state index contributed by atoms with van der Waals surface area (Å²) in [4.78, 5) is 0.167. The average Bonchev–Trinajstić information content (AvgIpc) is 2.05. The molecule has 0 spiro atoms. The zero-order valence-corrected chi connectivity index (χ0v) is 7.47. The van der Waals surface area contributed by atoms with Crippen molar-refractivity contribution in [3.63, 3.8) is 0 Å². The van der Waals surface area contributed by atoms with Crippen molar-refractivity contribution in [2.75, 3.05) is 0 Å². The lowest BCUT2D eigenvalue weighted by atomic mass is 10.2. The first-order chi connectivity index (χ1) is 5.58. The highest BCUT2D eigenvalue weighted by atomic mass is 32.2. The third-order valence-corrected chi connectivity index (χ3v) is 2.83. The molecule has 1 rings (SSSR count). The van der Waals surface area contributed by atoms with E-state index in [2.05, 4.69) is 11.3 Å². The topological polar surface area (TPSA) is 43.4 Å². The second kappa shape index (κ2) is 3.25. The van der Waals surface area contributed by atoms with Crippen molar-refractivity contribution in [2.45, 2.75) is 11.8 Å². The van der Waals surface area contributed by atoms with Gasteiger partial charge in [-0.1, -0.05) is 18.2 Å². The third kappa shape index (κ3) is 1.65. The van der Waals surface area contributed by atoms with Crippen molar-refractivity contribution in [3.8, 4) is 0 Å². The lowest BCUT2D eigenvalue weighted by Crippen LogP contribution is -2.03. The summed E-state index contributed by atoms with van der Waals surface area (Å²) in [7, 11) is -0.753. The second-order valence-electron chi connectivity index (χ2n) is 2.34. The van der Waals surface area contributed by atoms with Crippen LogP contribution in [0.15, 0.2) is 29.2 Å². The second-order valence-corrected chi connectivity index (χ2v) is 3.92.